The molecule has 0 saturated heterocycles. The number of nitrogens with one attached hydrogen (secondary N) is 1. The fourth-order valence-electron chi connectivity index (χ4n) is 3.31. The largest absolute Gasteiger partial charge is 0.478 e. The molecule has 0 amide bonds. The van der Waals surface area contributed by atoms with E-state index in [1.54, 1.807) is 35.2 Å². The highest BCUT2D eigenvalue weighted by Crippen LogP contribution is 2.49. The third-order valence-corrected chi connectivity index (χ3v) is 5.06. The highest BCUT2D eigenvalue weighted by molar-refractivity contribution is 5.88. The third kappa shape index (κ3) is 3.36. The van der Waals surface area contributed by atoms with E-state index in [9.17, 15) is 13.6 Å². The van der Waals surface area contributed by atoms with Crippen molar-refractivity contribution >= 4 is 23.3 Å². The van der Waals surface area contributed by atoms with Crippen molar-refractivity contribution in [2.75, 3.05) is 5.32 Å². The topological polar surface area (TPSA) is 97.3 Å². The molecular formula is C20H16F2N6O2. The predicted octanol–water partition coefficient (Wildman–Crippen LogP) is 3.69. The van der Waals surface area contributed by atoms with E-state index >= 15 is 0 Å². The average molecular weight is 410 g/mol. The van der Waals surface area contributed by atoms with Crippen LogP contribution in [0.2, 0.25) is 0 Å². The van der Waals surface area contributed by atoms with Crippen molar-refractivity contribution in [1.29, 1.82) is 0 Å². The molecule has 10 heteroatoms. The molecule has 2 N–H and O–H groups in total. The highest BCUT2D eigenvalue weighted by atomic mass is 19.3. The van der Waals surface area contributed by atoms with Crippen molar-refractivity contribution < 1.29 is 18.7 Å². The number of nitrogens with zero attached hydrogens (tertiary/aromatic N) is 5. The molecule has 1 unspecified atom stereocenters. The van der Waals surface area contributed by atoms with Crippen molar-refractivity contribution in [3.8, 4) is 11.1 Å². The number of fused-ring (bicyclic) bond motifs is 1. The van der Waals surface area contributed by atoms with Crippen LogP contribution in [0.1, 0.15) is 16.8 Å². The molecule has 3 heterocycles. The maximum absolute atomic E-state index is 13.2. The molecule has 1 saturated carbocycles. The monoisotopic (exact) mass is 410 g/mol. The molecule has 8 nitrogen and oxygen atoms in total. The van der Waals surface area contributed by atoms with Gasteiger partial charge in [-0.15, -0.1) is 5.10 Å². The van der Waals surface area contributed by atoms with Gasteiger partial charge in [0.15, 0.2) is 5.65 Å². The van der Waals surface area contributed by atoms with Crippen LogP contribution in [0.4, 0.5) is 20.4 Å². The molecule has 0 bridgehead atoms. The molecule has 0 radical (unpaired) electrons. The number of hydrogen-bond donors (Lipinski definition) is 2. The minimum Gasteiger partial charge on any atom is -0.478 e. The van der Waals surface area contributed by atoms with Gasteiger partial charge in [0.1, 0.15) is 0 Å². The van der Waals surface area contributed by atoms with Crippen LogP contribution in [0.15, 0.2) is 55.0 Å². The summed E-state index contributed by atoms with van der Waals surface area (Å²) < 4.78 is 29.5. The van der Waals surface area contributed by atoms with Crippen molar-refractivity contribution in [3.63, 3.8) is 0 Å². The molecule has 4 aromatic rings. The lowest BCUT2D eigenvalue weighted by molar-refractivity contribution is 0.0696. The van der Waals surface area contributed by atoms with Crippen LogP contribution in [-0.2, 0) is 6.54 Å². The Kier molecular flexibility index (Phi) is 4.02. The first-order chi connectivity index (χ1) is 14.4. The smallest absolute Gasteiger partial charge is 0.335 e. The van der Waals surface area contributed by atoms with Crippen LogP contribution in [0.5, 0.6) is 0 Å². The number of carboxylic acid groups (broad SMARTS) is 1. The van der Waals surface area contributed by atoms with Gasteiger partial charge in [-0.3, -0.25) is 4.68 Å². The van der Waals surface area contributed by atoms with Crippen molar-refractivity contribution in [3.05, 3.63) is 60.6 Å². The zero-order valence-electron chi connectivity index (χ0n) is 15.5. The summed E-state index contributed by atoms with van der Waals surface area (Å²) in [5, 5.41) is 20.6. The summed E-state index contributed by atoms with van der Waals surface area (Å²) in [5.41, 5.74) is 2.95. The van der Waals surface area contributed by atoms with Gasteiger partial charge in [0, 0.05) is 48.1 Å². The summed E-state index contributed by atoms with van der Waals surface area (Å²) in [7, 11) is 0. The average Bonchev–Trinajstić information content (AvgIpc) is 3.07. The normalized spacial score (nSPS) is 17.2. The first-order valence-corrected chi connectivity index (χ1v) is 9.25. The predicted molar refractivity (Wildman–Crippen MR) is 104 cm³/mol. The van der Waals surface area contributed by atoms with Crippen LogP contribution >= 0.6 is 0 Å². The summed E-state index contributed by atoms with van der Waals surface area (Å²) in [6, 6.07) is 9.92. The molecule has 0 aliphatic heterocycles. The quantitative estimate of drug-likeness (QED) is 0.503. The third-order valence-electron chi connectivity index (χ3n) is 5.06. The number of rotatable bonds is 6. The molecule has 5 rings (SSSR count). The molecule has 152 valence electrons. The number of benzene rings is 1. The van der Waals surface area contributed by atoms with E-state index in [0.717, 1.165) is 11.1 Å². The van der Waals surface area contributed by atoms with Gasteiger partial charge >= 0.3 is 5.97 Å². The van der Waals surface area contributed by atoms with E-state index in [4.69, 9.17) is 5.11 Å². The first kappa shape index (κ1) is 18.2. The maximum Gasteiger partial charge on any atom is 0.335 e. The fourth-order valence-corrected chi connectivity index (χ4v) is 3.31. The van der Waals surface area contributed by atoms with Gasteiger partial charge in [0.05, 0.1) is 11.8 Å². The number of aromatic carboxylic acids is 1. The second kappa shape index (κ2) is 6.61. The summed E-state index contributed by atoms with van der Waals surface area (Å²) in [6.07, 6.45) is 5.02. The number of carbonyl (C=O) groups is 1. The van der Waals surface area contributed by atoms with Gasteiger partial charge in [0.2, 0.25) is 5.95 Å². The SMILES string of the molecule is O=C(O)c1ccc(Nc2nc3c(-c4cnn(CC5CC5(F)F)c4)cccn3n2)cc1. The Morgan fingerprint density at radius 1 is 1.27 bits per heavy atom. The van der Waals surface area contributed by atoms with Gasteiger partial charge in [0.25, 0.3) is 5.92 Å². The van der Waals surface area contributed by atoms with Gasteiger partial charge in [-0.1, -0.05) is 0 Å². The van der Waals surface area contributed by atoms with Gasteiger partial charge in [-0.05, 0) is 36.4 Å². The molecule has 1 aliphatic carbocycles. The van der Waals surface area contributed by atoms with Crippen molar-refractivity contribution in [1.82, 2.24) is 24.4 Å². The number of pyridine rings is 1. The van der Waals surface area contributed by atoms with E-state index in [-0.39, 0.29) is 18.5 Å². The highest BCUT2D eigenvalue weighted by Gasteiger charge is 2.56. The lowest BCUT2D eigenvalue weighted by Gasteiger charge is -2.01. The molecular weight excluding hydrogens is 394 g/mol. The van der Waals surface area contributed by atoms with Gasteiger partial charge in [-0.2, -0.15) is 10.1 Å². The second-order valence-corrected chi connectivity index (χ2v) is 7.25. The summed E-state index contributed by atoms with van der Waals surface area (Å²) in [5.74, 6) is -3.89. The lowest BCUT2D eigenvalue weighted by atomic mass is 10.1. The Morgan fingerprint density at radius 3 is 2.73 bits per heavy atom. The first-order valence-electron chi connectivity index (χ1n) is 9.25. The van der Waals surface area contributed by atoms with Crippen LogP contribution in [0.25, 0.3) is 16.8 Å². The summed E-state index contributed by atoms with van der Waals surface area (Å²) in [6.45, 7) is 0.182. The van der Waals surface area contributed by atoms with E-state index in [1.165, 1.54) is 16.8 Å². The minimum absolute atomic E-state index is 0.0928. The number of anilines is 2. The number of halogens is 2. The van der Waals surface area contributed by atoms with E-state index in [0.29, 0.717) is 17.3 Å². The van der Waals surface area contributed by atoms with E-state index in [1.807, 2.05) is 12.1 Å². The zero-order valence-corrected chi connectivity index (χ0v) is 15.5. The summed E-state index contributed by atoms with van der Waals surface area (Å²) >= 11 is 0. The minimum atomic E-state index is -2.58. The molecule has 1 fully saturated rings. The van der Waals surface area contributed by atoms with Crippen LogP contribution in [0, 0.1) is 5.92 Å². The number of carboxylic acids is 1. The van der Waals surface area contributed by atoms with Crippen molar-refractivity contribution in [2.24, 2.45) is 5.92 Å². The Morgan fingerprint density at radius 2 is 2.03 bits per heavy atom. The van der Waals surface area contributed by atoms with Gasteiger partial charge in [-0.25, -0.2) is 18.1 Å². The number of alkyl halides is 2. The fraction of sp³-hybridized carbons (Fsp3) is 0.200. The van der Waals surface area contributed by atoms with Crippen LogP contribution in [-0.4, -0.2) is 41.4 Å². The second-order valence-electron chi connectivity index (χ2n) is 7.25. The maximum atomic E-state index is 13.2. The molecule has 1 aromatic carbocycles. The molecule has 30 heavy (non-hydrogen) atoms. The Hall–Kier alpha value is -3.82. The Balaban J connectivity index is 1.40. The van der Waals surface area contributed by atoms with E-state index in [2.05, 4.69) is 20.5 Å². The van der Waals surface area contributed by atoms with Crippen LogP contribution < -0.4 is 5.32 Å². The number of aromatic nitrogens is 5. The standard InChI is InChI=1S/C20H16F2N6O2/c21-20(22)8-14(20)11-27-10-13(9-23-27)16-2-1-7-28-17(16)25-19(26-28)24-15-5-3-12(4-6-15)18(29)30/h1-7,9-10,14H,8,11H2,(H,24,26)(H,29,30). The molecule has 1 atom stereocenters. The molecule has 3 aromatic heterocycles. The number of hydrogen-bond acceptors (Lipinski definition) is 5. The van der Waals surface area contributed by atoms with E-state index < -0.39 is 17.8 Å². The summed E-state index contributed by atoms with van der Waals surface area (Å²) in [4.78, 5) is 15.5. The lowest BCUT2D eigenvalue weighted by Crippen LogP contribution is -2.05. The molecule has 1 aliphatic rings. The van der Waals surface area contributed by atoms with Gasteiger partial charge < -0.3 is 10.4 Å². The zero-order chi connectivity index (χ0) is 20.9. The Bertz CT molecular complexity index is 1250. The van der Waals surface area contributed by atoms with Crippen molar-refractivity contribution in [2.45, 2.75) is 18.9 Å². The van der Waals surface area contributed by atoms with Crippen LogP contribution in [0.3, 0.4) is 0 Å². The Labute approximate surface area is 168 Å². The molecule has 0 spiro atoms.